The quantitative estimate of drug-likeness (QED) is 0.0353. The van der Waals surface area contributed by atoms with E-state index in [1.54, 1.807) is 57.2 Å². The number of benzene rings is 5. The molecule has 0 fully saturated rings. The Kier molecular flexibility index (Phi) is 18.8. The Morgan fingerprint density at radius 1 is 0.507 bits per heavy atom. The van der Waals surface area contributed by atoms with Crippen LogP contribution in [0.4, 0.5) is 34.1 Å². The van der Waals surface area contributed by atoms with E-state index in [4.69, 9.17) is 67.5 Å². The van der Waals surface area contributed by atoms with Crippen molar-refractivity contribution in [3.05, 3.63) is 129 Å². The van der Waals surface area contributed by atoms with Gasteiger partial charge in [-0.15, -0.1) is 34.8 Å². The molecule has 0 heterocycles. The molecule has 16 nitrogen and oxygen atoms in total. The Hall–Kier alpha value is -6.43. The second kappa shape index (κ2) is 24.2. The summed E-state index contributed by atoms with van der Waals surface area (Å²) in [4.78, 5) is 79.3. The zero-order valence-corrected chi connectivity index (χ0v) is 41.8. The summed E-state index contributed by atoms with van der Waals surface area (Å²) >= 11 is 32.3. The molecule has 5 atom stereocenters. The fourth-order valence-electron chi connectivity index (χ4n) is 6.68. The van der Waals surface area contributed by atoms with E-state index in [9.17, 15) is 28.8 Å². The van der Waals surface area contributed by atoms with Crippen LogP contribution in [-0.4, -0.2) is 61.5 Å². The fourth-order valence-corrected chi connectivity index (χ4v) is 7.71. The van der Waals surface area contributed by atoms with Crippen molar-refractivity contribution in [3.8, 4) is 11.5 Å². The van der Waals surface area contributed by atoms with Crippen molar-refractivity contribution in [2.45, 2.75) is 62.8 Å². The number of azo groups is 2. The van der Waals surface area contributed by atoms with Crippen molar-refractivity contribution in [2.24, 2.45) is 20.5 Å². The predicted molar refractivity (Wildman–Crippen MR) is 269 cm³/mol. The summed E-state index contributed by atoms with van der Waals surface area (Å²) in [5.74, 6) is -3.53. The highest BCUT2D eigenvalue weighted by Crippen LogP contribution is 2.39. The molecule has 0 aromatic heterocycles. The molecule has 360 valence electrons. The van der Waals surface area contributed by atoms with Crippen molar-refractivity contribution in [3.63, 3.8) is 0 Å². The number of ether oxygens (including phenoxy) is 2. The monoisotopic (exact) mass is 1040 g/mol. The predicted octanol–water partition coefficient (Wildman–Crippen LogP) is 12.8. The lowest BCUT2D eigenvalue weighted by Crippen LogP contribution is -2.32. The van der Waals surface area contributed by atoms with Crippen LogP contribution in [-0.2, 0) is 19.2 Å². The first-order valence-corrected chi connectivity index (χ1v) is 22.9. The number of anilines is 4. The molecule has 0 aliphatic heterocycles. The SMILES string of the molecule is COc1c(NC(=O)c2cccc(N=NC(C(C)=O)C(=O)Nc3ccc(NC(=O)C(N=Nc4cccc(C(=O)Nc5cccc(C(C)Cl)c5OC)c4Cl)C(C)=O)c(C(C)Cl)c3)c2Cl)cccc1C(C)Cl. The van der Waals surface area contributed by atoms with Gasteiger partial charge in [0.05, 0.1) is 62.9 Å². The number of para-hydroxylation sites is 2. The second-order valence-corrected chi connectivity index (χ2v) is 17.8. The van der Waals surface area contributed by atoms with Crippen LogP contribution in [0.3, 0.4) is 0 Å². The Labute approximate surface area is 422 Å². The molecule has 0 aliphatic rings. The second-order valence-electron chi connectivity index (χ2n) is 15.1. The number of amides is 4. The molecule has 0 bridgehead atoms. The summed E-state index contributed by atoms with van der Waals surface area (Å²) in [7, 11) is 2.91. The normalized spacial score (nSPS) is 13.4. The smallest absolute Gasteiger partial charge is 0.258 e. The molecule has 0 radical (unpaired) electrons. The number of nitrogens with one attached hydrogen (secondary N) is 4. The van der Waals surface area contributed by atoms with Gasteiger partial charge in [-0.1, -0.05) is 59.6 Å². The molecule has 0 aliphatic carbocycles. The lowest BCUT2D eigenvalue weighted by atomic mass is 10.1. The number of hydrogen-bond acceptors (Lipinski definition) is 12. The molecule has 5 rings (SSSR count). The minimum absolute atomic E-state index is 0.000873. The zero-order valence-electron chi connectivity index (χ0n) is 38.0. The summed E-state index contributed by atoms with van der Waals surface area (Å²) in [6.07, 6.45) is 0. The van der Waals surface area contributed by atoms with Crippen LogP contribution in [0.15, 0.2) is 111 Å². The Morgan fingerprint density at radius 2 is 0.913 bits per heavy atom. The van der Waals surface area contributed by atoms with Crippen molar-refractivity contribution in [1.29, 1.82) is 0 Å². The molecule has 0 saturated carbocycles. The topological polar surface area (TPSA) is 218 Å². The molecule has 69 heavy (non-hydrogen) atoms. The van der Waals surface area contributed by atoms with Gasteiger partial charge in [-0.3, -0.25) is 28.8 Å². The number of Topliss-reactive ketones (excluding diaryl/α,β-unsaturated/α-hetero) is 2. The molecule has 0 saturated heterocycles. The van der Waals surface area contributed by atoms with Gasteiger partial charge in [0.25, 0.3) is 23.6 Å². The minimum atomic E-state index is -1.66. The molecule has 4 amide bonds. The van der Waals surface area contributed by atoms with Gasteiger partial charge in [-0.05, 0) is 94.8 Å². The van der Waals surface area contributed by atoms with Gasteiger partial charge >= 0.3 is 0 Å². The summed E-state index contributed by atoms with van der Waals surface area (Å²) in [5, 5.41) is 25.1. The van der Waals surface area contributed by atoms with E-state index in [0.29, 0.717) is 39.6 Å². The van der Waals surface area contributed by atoms with E-state index in [0.717, 1.165) is 13.8 Å². The molecule has 21 heteroatoms. The molecular weight excluding hydrogens is 994 g/mol. The maximum absolute atomic E-state index is 13.6. The first-order chi connectivity index (χ1) is 32.8. The van der Waals surface area contributed by atoms with Crippen LogP contribution in [0, 0.1) is 0 Å². The van der Waals surface area contributed by atoms with E-state index >= 15 is 0 Å². The van der Waals surface area contributed by atoms with E-state index < -0.39 is 63.4 Å². The highest BCUT2D eigenvalue weighted by atomic mass is 35.5. The number of halogens is 5. The molecule has 0 spiro atoms. The number of alkyl halides is 3. The van der Waals surface area contributed by atoms with E-state index in [1.807, 2.05) is 0 Å². The minimum Gasteiger partial charge on any atom is -0.494 e. The van der Waals surface area contributed by atoms with Crippen LogP contribution in [0.25, 0.3) is 0 Å². The maximum atomic E-state index is 13.6. The maximum Gasteiger partial charge on any atom is 0.258 e. The molecule has 5 unspecified atom stereocenters. The first-order valence-electron chi connectivity index (χ1n) is 20.8. The highest BCUT2D eigenvalue weighted by Gasteiger charge is 2.28. The van der Waals surface area contributed by atoms with Crippen molar-refractivity contribution < 1.29 is 38.2 Å². The van der Waals surface area contributed by atoms with Gasteiger partial charge in [0.2, 0.25) is 12.1 Å². The van der Waals surface area contributed by atoms with Gasteiger partial charge in [0.1, 0.15) is 22.9 Å². The van der Waals surface area contributed by atoms with E-state index in [-0.39, 0.29) is 43.9 Å². The molecule has 5 aromatic carbocycles. The Balaban J connectivity index is 1.30. The third-order valence-corrected chi connectivity index (χ3v) is 11.6. The third kappa shape index (κ3) is 13.2. The average Bonchev–Trinajstić information content (AvgIpc) is 3.29. The van der Waals surface area contributed by atoms with Crippen LogP contribution >= 0.6 is 58.0 Å². The number of nitrogens with zero attached hydrogens (tertiary/aromatic N) is 4. The Morgan fingerprint density at radius 3 is 1.30 bits per heavy atom. The van der Waals surface area contributed by atoms with Gasteiger partial charge in [0.15, 0.2) is 11.6 Å². The standard InChI is InChI=1S/C48H45Cl5N8O8/c1-23(49)29-12-8-18-37(43(29)68-6)56-45(64)31-14-10-16-35(39(31)52)58-60-41(26(4)62)47(66)54-28-20-21-34(33(22-28)25(3)51)55-48(67)42(27(5)63)61-59-36-17-11-15-32(40(36)53)46(65)57-38-19-9-13-30(24(2)50)44(38)69-7/h8-25,41-42H,1-7H3,(H,54,66)(H,55,67)(H,56,64)(H,57,65). The van der Waals surface area contributed by atoms with Gasteiger partial charge in [-0.2, -0.15) is 20.5 Å². The largest absolute Gasteiger partial charge is 0.494 e. The summed E-state index contributed by atoms with van der Waals surface area (Å²) in [5.41, 5.74) is 2.72. The summed E-state index contributed by atoms with van der Waals surface area (Å²) in [6.45, 7) is 7.43. The zero-order chi connectivity index (χ0) is 50.7. The number of hydrogen-bond donors (Lipinski definition) is 4. The number of methoxy groups -OCH3 is 2. The van der Waals surface area contributed by atoms with Crippen LogP contribution < -0.4 is 30.7 Å². The van der Waals surface area contributed by atoms with Gasteiger partial charge in [0, 0.05) is 22.5 Å². The van der Waals surface area contributed by atoms with Crippen molar-refractivity contribution >= 4 is 127 Å². The third-order valence-electron chi connectivity index (χ3n) is 10.1. The lowest BCUT2D eigenvalue weighted by Gasteiger charge is -2.17. The number of carbonyl (C=O) groups is 6. The lowest BCUT2D eigenvalue weighted by molar-refractivity contribution is -0.127. The van der Waals surface area contributed by atoms with E-state index in [2.05, 4.69) is 41.7 Å². The van der Waals surface area contributed by atoms with Crippen LogP contribution in [0.5, 0.6) is 11.5 Å². The molecular formula is C48H45Cl5N8O8. The average molecular weight is 1040 g/mol. The van der Waals surface area contributed by atoms with E-state index in [1.165, 1.54) is 68.8 Å². The first kappa shape index (κ1) is 53.5. The summed E-state index contributed by atoms with van der Waals surface area (Å²) in [6, 6.07) is 20.1. The van der Waals surface area contributed by atoms with Gasteiger partial charge in [-0.25, -0.2) is 0 Å². The van der Waals surface area contributed by atoms with Crippen LogP contribution in [0.1, 0.15) is 88.2 Å². The Bertz CT molecular complexity index is 2860. The van der Waals surface area contributed by atoms with Gasteiger partial charge < -0.3 is 30.7 Å². The number of ketones is 2. The fraction of sp³-hybridized carbons (Fsp3) is 0.250. The van der Waals surface area contributed by atoms with Crippen molar-refractivity contribution in [2.75, 3.05) is 35.5 Å². The number of carbonyl (C=O) groups excluding carboxylic acids is 6. The number of rotatable bonds is 19. The van der Waals surface area contributed by atoms with Crippen LogP contribution in [0.2, 0.25) is 10.0 Å². The molecule has 4 N–H and O–H groups in total. The highest BCUT2D eigenvalue weighted by molar-refractivity contribution is 6.37. The van der Waals surface area contributed by atoms with Crippen molar-refractivity contribution in [1.82, 2.24) is 0 Å². The molecule has 5 aromatic rings. The summed E-state index contributed by atoms with van der Waals surface area (Å²) < 4.78 is 11.0.